The van der Waals surface area contributed by atoms with Crippen molar-refractivity contribution in [3.8, 4) is 0 Å². The summed E-state index contributed by atoms with van der Waals surface area (Å²) in [6.07, 6.45) is 5.48. The van der Waals surface area contributed by atoms with Crippen LogP contribution in [0.2, 0.25) is 0 Å². The largest absolute Gasteiger partial charge is 0.369 e. The van der Waals surface area contributed by atoms with Gasteiger partial charge in [0.2, 0.25) is 0 Å². The van der Waals surface area contributed by atoms with Crippen molar-refractivity contribution >= 4 is 44.7 Å². The van der Waals surface area contributed by atoms with Gasteiger partial charge in [0.15, 0.2) is 10.8 Å². The summed E-state index contributed by atoms with van der Waals surface area (Å²) in [6, 6.07) is 0. The molecule has 24 heavy (non-hydrogen) atoms. The highest BCUT2D eigenvalue weighted by atomic mass is 32.2. The number of aromatic nitrogens is 6. The summed E-state index contributed by atoms with van der Waals surface area (Å²) in [6.45, 7) is 5.01. The predicted octanol–water partition coefficient (Wildman–Crippen LogP) is 2.95. The zero-order valence-electron chi connectivity index (χ0n) is 13.6. The van der Waals surface area contributed by atoms with Gasteiger partial charge in [-0.2, -0.15) is 9.61 Å². The molecule has 5 heterocycles. The van der Waals surface area contributed by atoms with E-state index < -0.39 is 0 Å². The van der Waals surface area contributed by atoms with Gasteiger partial charge in [0.1, 0.15) is 11.2 Å². The highest BCUT2D eigenvalue weighted by molar-refractivity contribution is 7.98. The number of ether oxygens (including phenoxy) is 1. The molecular weight excluding hydrogens is 344 g/mol. The molecule has 9 heteroatoms. The lowest BCUT2D eigenvalue weighted by Crippen LogP contribution is -2.33. The summed E-state index contributed by atoms with van der Waals surface area (Å²) in [4.78, 5) is 6.92. The Labute approximate surface area is 146 Å². The van der Waals surface area contributed by atoms with Crippen molar-refractivity contribution in [3.63, 3.8) is 0 Å². The van der Waals surface area contributed by atoms with Crippen LogP contribution in [0, 0.1) is 0 Å². The van der Waals surface area contributed by atoms with E-state index in [4.69, 9.17) is 4.74 Å². The molecular formula is C15H16N6OS2. The van der Waals surface area contributed by atoms with Gasteiger partial charge < -0.3 is 4.74 Å². The number of thiophene rings is 1. The maximum atomic E-state index is 6.14. The standard InChI is InChI=1S/C15H16N6OS2/c1-4-15(2)5-8-9(6-22-15)24-12-10(8)11-16-7-17-21(11)13-18-19-14(23-3)20(12)13/h7H,4-6H2,1-3H3/t15-/m0/s1. The Kier molecular flexibility index (Phi) is 2.98. The molecule has 5 rings (SSSR count). The van der Waals surface area contributed by atoms with Crippen LogP contribution in [0.4, 0.5) is 0 Å². The molecule has 7 nitrogen and oxygen atoms in total. The first-order valence-corrected chi connectivity index (χ1v) is 9.88. The number of thioether (sulfide) groups is 1. The fraction of sp³-hybridized carbons (Fsp3) is 0.467. The minimum Gasteiger partial charge on any atom is -0.369 e. The van der Waals surface area contributed by atoms with E-state index in [9.17, 15) is 0 Å². The van der Waals surface area contributed by atoms with E-state index in [1.165, 1.54) is 10.4 Å². The quantitative estimate of drug-likeness (QED) is 0.512. The molecule has 4 aromatic heterocycles. The van der Waals surface area contributed by atoms with Gasteiger partial charge in [0.05, 0.1) is 17.6 Å². The van der Waals surface area contributed by atoms with Crippen LogP contribution in [-0.4, -0.2) is 41.1 Å². The lowest BCUT2D eigenvalue weighted by atomic mass is 9.90. The third-order valence-electron chi connectivity index (χ3n) is 4.89. The maximum absolute atomic E-state index is 6.14. The van der Waals surface area contributed by atoms with Crippen LogP contribution in [-0.2, 0) is 17.8 Å². The third-order valence-corrected chi connectivity index (χ3v) is 6.71. The van der Waals surface area contributed by atoms with Crippen molar-refractivity contribution in [1.29, 1.82) is 0 Å². The SMILES string of the molecule is CC[C@@]1(C)Cc2c(sc3c2c2ncnn2c2nnc(SC)n32)CO1. The van der Waals surface area contributed by atoms with Crippen LogP contribution in [0.15, 0.2) is 11.5 Å². The van der Waals surface area contributed by atoms with Crippen molar-refractivity contribution < 1.29 is 4.74 Å². The maximum Gasteiger partial charge on any atom is 0.260 e. The summed E-state index contributed by atoms with van der Waals surface area (Å²) < 4.78 is 10.0. The van der Waals surface area contributed by atoms with Crippen LogP contribution in [0.1, 0.15) is 30.7 Å². The van der Waals surface area contributed by atoms with E-state index in [-0.39, 0.29) is 5.60 Å². The minimum atomic E-state index is -0.123. The first kappa shape index (κ1) is 14.6. The van der Waals surface area contributed by atoms with Crippen molar-refractivity contribution in [3.05, 3.63) is 16.8 Å². The fourth-order valence-electron chi connectivity index (χ4n) is 3.35. The normalized spacial score (nSPS) is 21.1. The van der Waals surface area contributed by atoms with Crippen LogP contribution in [0.25, 0.3) is 21.6 Å². The monoisotopic (exact) mass is 360 g/mol. The Morgan fingerprint density at radius 3 is 3.08 bits per heavy atom. The number of hydrogen-bond donors (Lipinski definition) is 0. The van der Waals surface area contributed by atoms with E-state index >= 15 is 0 Å². The van der Waals surface area contributed by atoms with Gasteiger partial charge in [-0.05, 0) is 25.2 Å². The second kappa shape index (κ2) is 4.90. The molecule has 1 atom stereocenters. The Morgan fingerprint density at radius 1 is 1.42 bits per heavy atom. The number of fused-ring (bicyclic) bond motifs is 8. The predicted molar refractivity (Wildman–Crippen MR) is 93.9 cm³/mol. The first-order valence-electron chi connectivity index (χ1n) is 7.84. The van der Waals surface area contributed by atoms with Crippen LogP contribution in [0.5, 0.6) is 0 Å². The van der Waals surface area contributed by atoms with Gasteiger partial charge in [-0.3, -0.25) is 0 Å². The molecule has 1 aliphatic rings. The summed E-state index contributed by atoms with van der Waals surface area (Å²) in [5, 5.41) is 15.0. The van der Waals surface area contributed by atoms with Gasteiger partial charge >= 0.3 is 0 Å². The summed E-state index contributed by atoms with van der Waals surface area (Å²) in [5.74, 6) is 0.706. The second-order valence-corrected chi connectivity index (χ2v) is 8.13. The van der Waals surface area contributed by atoms with E-state index in [1.54, 1.807) is 33.9 Å². The average Bonchev–Trinajstić information content (AvgIpc) is 3.29. The minimum absolute atomic E-state index is 0.123. The van der Waals surface area contributed by atoms with Crippen molar-refractivity contribution in [2.45, 2.75) is 44.1 Å². The van der Waals surface area contributed by atoms with Gasteiger partial charge in [-0.15, -0.1) is 21.5 Å². The number of rotatable bonds is 2. The number of nitrogens with zero attached hydrogens (tertiary/aromatic N) is 6. The average molecular weight is 360 g/mol. The lowest BCUT2D eigenvalue weighted by molar-refractivity contribution is -0.0542. The molecule has 0 N–H and O–H groups in total. The van der Waals surface area contributed by atoms with Crippen LogP contribution < -0.4 is 0 Å². The molecule has 0 saturated heterocycles. The van der Waals surface area contributed by atoms with E-state index in [0.29, 0.717) is 12.4 Å². The molecule has 0 radical (unpaired) electrons. The Bertz CT molecular complexity index is 1100. The lowest BCUT2D eigenvalue weighted by Gasteiger charge is -2.32. The molecule has 0 amide bonds. The Morgan fingerprint density at radius 2 is 2.29 bits per heavy atom. The topological polar surface area (TPSA) is 69.6 Å². The van der Waals surface area contributed by atoms with Crippen LogP contribution >= 0.6 is 23.1 Å². The summed E-state index contributed by atoms with van der Waals surface area (Å²) >= 11 is 3.34. The van der Waals surface area contributed by atoms with E-state index in [1.807, 2.05) is 6.26 Å². The molecule has 124 valence electrons. The number of hydrogen-bond acceptors (Lipinski definition) is 7. The molecule has 0 unspecified atom stereocenters. The van der Waals surface area contributed by atoms with Crippen LogP contribution in [0.3, 0.4) is 0 Å². The molecule has 0 saturated carbocycles. The summed E-state index contributed by atoms with van der Waals surface area (Å²) in [7, 11) is 0. The molecule has 1 aliphatic heterocycles. The van der Waals surface area contributed by atoms with Gasteiger partial charge in [-0.25, -0.2) is 9.38 Å². The molecule has 0 spiro atoms. The summed E-state index contributed by atoms with van der Waals surface area (Å²) in [5.41, 5.74) is 2.07. The highest BCUT2D eigenvalue weighted by Crippen LogP contribution is 2.42. The first-order chi connectivity index (χ1) is 11.6. The van der Waals surface area contributed by atoms with E-state index in [2.05, 4.69) is 38.5 Å². The zero-order valence-corrected chi connectivity index (χ0v) is 15.2. The third kappa shape index (κ3) is 1.77. The smallest absolute Gasteiger partial charge is 0.260 e. The zero-order chi connectivity index (χ0) is 16.5. The molecule has 0 bridgehead atoms. The van der Waals surface area contributed by atoms with Crippen molar-refractivity contribution in [2.24, 2.45) is 0 Å². The Balaban J connectivity index is 1.96. The fourth-order valence-corrected chi connectivity index (χ4v) is 5.11. The molecule has 0 aromatic carbocycles. The van der Waals surface area contributed by atoms with Crippen molar-refractivity contribution in [1.82, 2.24) is 29.2 Å². The molecule has 0 aliphatic carbocycles. The van der Waals surface area contributed by atoms with Crippen molar-refractivity contribution in [2.75, 3.05) is 6.26 Å². The second-order valence-electron chi connectivity index (χ2n) is 6.27. The van der Waals surface area contributed by atoms with Gasteiger partial charge in [0, 0.05) is 11.3 Å². The molecule has 4 aromatic rings. The van der Waals surface area contributed by atoms with Gasteiger partial charge in [0.25, 0.3) is 5.78 Å². The highest BCUT2D eigenvalue weighted by Gasteiger charge is 2.33. The van der Waals surface area contributed by atoms with E-state index in [0.717, 1.165) is 33.9 Å². The molecule has 0 fully saturated rings. The Hall–Kier alpha value is -1.71. The van der Waals surface area contributed by atoms with Gasteiger partial charge in [-0.1, -0.05) is 18.7 Å².